The third kappa shape index (κ3) is 2.98. The standard InChI is InChI=1S/C9H7BrN4O2S/c10-6-1-8(14(15)16)9(12-2-6)13-4-7-3-11-5-17-7/h1-3,5H,4H2,(H,12,13). The van der Waals surface area contributed by atoms with Gasteiger partial charge in [-0.2, -0.15) is 0 Å². The molecule has 0 saturated carbocycles. The van der Waals surface area contributed by atoms with Crippen LogP contribution in [-0.4, -0.2) is 14.9 Å². The van der Waals surface area contributed by atoms with Crippen molar-refractivity contribution < 1.29 is 4.92 Å². The number of nitro groups is 1. The van der Waals surface area contributed by atoms with Crippen LogP contribution in [0.5, 0.6) is 0 Å². The van der Waals surface area contributed by atoms with Crippen molar-refractivity contribution in [1.29, 1.82) is 0 Å². The van der Waals surface area contributed by atoms with E-state index in [-0.39, 0.29) is 11.5 Å². The number of hydrogen-bond donors (Lipinski definition) is 1. The Balaban J connectivity index is 2.17. The summed E-state index contributed by atoms with van der Waals surface area (Å²) < 4.78 is 0.576. The van der Waals surface area contributed by atoms with E-state index in [4.69, 9.17) is 0 Å². The molecule has 0 aromatic carbocycles. The predicted octanol–water partition coefficient (Wildman–Crippen LogP) is 2.82. The van der Waals surface area contributed by atoms with Gasteiger partial charge in [0.1, 0.15) is 0 Å². The van der Waals surface area contributed by atoms with Crippen molar-refractivity contribution in [3.05, 3.63) is 43.4 Å². The van der Waals surface area contributed by atoms with Crippen LogP contribution in [0.4, 0.5) is 11.5 Å². The Morgan fingerprint density at radius 1 is 1.53 bits per heavy atom. The Bertz CT molecular complexity index is 532. The first kappa shape index (κ1) is 11.9. The molecule has 0 bridgehead atoms. The lowest BCUT2D eigenvalue weighted by Crippen LogP contribution is -2.03. The maximum atomic E-state index is 10.8. The van der Waals surface area contributed by atoms with Crippen molar-refractivity contribution in [2.45, 2.75) is 6.54 Å². The number of nitrogens with one attached hydrogen (secondary N) is 1. The van der Waals surface area contributed by atoms with Crippen molar-refractivity contribution >= 4 is 38.8 Å². The molecule has 2 rings (SSSR count). The Morgan fingerprint density at radius 3 is 3.00 bits per heavy atom. The molecule has 0 unspecified atom stereocenters. The molecule has 0 amide bonds. The predicted molar refractivity (Wildman–Crippen MR) is 68.0 cm³/mol. The summed E-state index contributed by atoms with van der Waals surface area (Å²) in [5.74, 6) is 0.256. The lowest BCUT2D eigenvalue weighted by Gasteiger charge is -2.04. The molecule has 0 atom stereocenters. The summed E-state index contributed by atoms with van der Waals surface area (Å²) in [4.78, 5) is 19.3. The topological polar surface area (TPSA) is 81.0 Å². The van der Waals surface area contributed by atoms with Gasteiger partial charge >= 0.3 is 5.69 Å². The molecule has 0 aliphatic rings. The fourth-order valence-electron chi connectivity index (χ4n) is 1.20. The molecule has 0 spiro atoms. The molecule has 0 saturated heterocycles. The van der Waals surface area contributed by atoms with Gasteiger partial charge in [-0.25, -0.2) is 4.98 Å². The highest BCUT2D eigenvalue weighted by molar-refractivity contribution is 9.10. The highest BCUT2D eigenvalue weighted by Gasteiger charge is 2.15. The van der Waals surface area contributed by atoms with Crippen molar-refractivity contribution in [2.75, 3.05) is 5.32 Å². The molecule has 6 nitrogen and oxygen atoms in total. The zero-order valence-corrected chi connectivity index (χ0v) is 10.9. The Labute approximate surface area is 109 Å². The summed E-state index contributed by atoms with van der Waals surface area (Å²) in [6, 6.07) is 1.42. The average molecular weight is 315 g/mol. The van der Waals surface area contributed by atoms with E-state index < -0.39 is 4.92 Å². The van der Waals surface area contributed by atoms with Crippen LogP contribution in [0.2, 0.25) is 0 Å². The van der Waals surface area contributed by atoms with E-state index in [0.29, 0.717) is 11.0 Å². The van der Waals surface area contributed by atoms with Crippen LogP contribution in [0.15, 0.2) is 28.4 Å². The van der Waals surface area contributed by atoms with Crippen LogP contribution >= 0.6 is 27.3 Å². The molecule has 17 heavy (non-hydrogen) atoms. The van der Waals surface area contributed by atoms with Crippen molar-refractivity contribution in [3.63, 3.8) is 0 Å². The van der Waals surface area contributed by atoms with Gasteiger partial charge < -0.3 is 5.32 Å². The van der Waals surface area contributed by atoms with E-state index >= 15 is 0 Å². The molecule has 2 aromatic rings. The van der Waals surface area contributed by atoms with E-state index in [1.165, 1.54) is 23.6 Å². The second-order valence-electron chi connectivity index (χ2n) is 3.10. The SMILES string of the molecule is O=[N+]([O-])c1cc(Br)cnc1NCc1cncs1. The minimum Gasteiger partial charge on any atom is -0.359 e. The lowest BCUT2D eigenvalue weighted by molar-refractivity contribution is -0.384. The second-order valence-corrected chi connectivity index (χ2v) is 4.99. The Morgan fingerprint density at radius 2 is 2.35 bits per heavy atom. The third-order valence-electron chi connectivity index (χ3n) is 1.94. The fourth-order valence-corrected chi connectivity index (χ4v) is 2.06. The van der Waals surface area contributed by atoms with E-state index in [9.17, 15) is 10.1 Å². The first-order chi connectivity index (χ1) is 8.16. The second kappa shape index (κ2) is 5.19. The van der Waals surface area contributed by atoms with Gasteiger partial charge in [-0.05, 0) is 15.9 Å². The number of thiazole rings is 1. The maximum Gasteiger partial charge on any atom is 0.312 e. The van der Waals surface area contributed by atoms with Gasteiger partial charge in [0.05, 0.1) is 17.0 Å². The maximum absolute atomic E-state index is 10.8. The van der Waals surface area contributed by atoms with Gasteiger partial charge in [0.15, 0.2) is 0 Å². The summed E-state index contributed by atoms with van der Waals surface area (Å²) >= 11 is 4.63. The van der Waals surface area contributed by atoms with Crippen molar-refractivity contribution in [1.82, 2.24) is 9.97 Å². The van der Waals surface area contributed by atoms with Gasteiger partial charge in [0, 0.05) is 27.8 Å². The Hall–Kier alpha value is -1.54. The summed E-state index contributed by atoms with van der Waals surface area (Å²) in [7, 11) is 0. The molecule has 0 fully saturated rings. The van der Waals surface area contributed by atoms with Crippen molar-refractivity contribution in [2.24, 2.45) is 0 Å². The third-order valence-corrected chi connectivity index (χ3v) is 3.16. The monoisotopic (exact) mass is 314 g/mol. The fraction of sp³-hybridized carbons (Fsp3) is 0.111. The Kier molecular flexibility index (Phi) is 3.64. The lowest BCUT2D eigenvalue weighted by atomic mass is 10.4. The van der Waals surface area contributed by atoms with Crippen LogP contribution in [-0.2, 0) is 6.54 Å². The molecule has 2 aromatic heterocycles. The number of hydrogen-bond acceptors (Lipinski definition) is 6. The smallest absolute Gasteiger partial charge is 0.312 e. The van der Waals surface area contributed by atoms with Crippen LogP contribution < -0.4 is 5.32 Å². The number of aromatic nitrogens is 2. The van der Waals surface area contributed by atoms with Gasteiger partial charge in [0.2, 0.25) is 5.82 Å². The quantitative estimate of drug-likeness (QED) is 0.693. The van der Waals surface area contributed by atoms with Gasteiger partial charge in [0.25, 0.3) is 0 Å². The van der Waals surface area contributed by atoms with Gasteiger partial charge in [-0.15, -0.1) is 11.3 Å². The zero-order chi connectivity index (χ0) is 12.3. The number of pyridine rings is 1. The highest BCUT2D eigenvalue weighted by Crippen LogP contribution is 2.25. The van der Waals surface area contributed by atoms with E-state index in [1.807, 2.05) is 0 Å². The minimum atomic E-state index is -0.466. The normalized spacial score (nSPS) is 10.2. The number of anilines is 1. The molecule has 0 aliphatic carbocycles. The molecule has 0 radical (unpaired) electrons. The van der Waals surface area contributed by atoms with Crippen LogP contribution in [0.25, 0.3) is 0 Å². The number of nitrogens with zero attached hydrogens (tertiary/aromatic N) is 3. The number of rotatable bonds is 4. The van der Waals surface area contributed by atoms with Gasteiger partial charge in [-0.1, -0.05) is 0 Å². The molecular weight excluding hydrogens is 308 g/mol. The van der Waals surface area contributed by atoms with E-state index in [1.54, 1.807) is 11.7 Å². The van der Waals surface area contributed by atoms with E-state index in [2.05, 4.69) is 31.2 Å². The number of halogens is 1. The molecule has 8 heteroatoms. The van der Waals surface area contributed by atoms with Crippen molar-refractivity contribution in [3.8, 4) is 0 Å². The summed E-state index contributed by atoms with van der Waals surface area (Å²) in [5, 5.41) is 13.8. The summed E-state index contributed by atoms with van der Waals surface area (Å²) in [5.41, 5.74) is 1.66. The minimum absolute atomic E-state index is 0.0520. The molecule has 0 aliphatic heterocycles. The first-order valence-electron chi connectivity index (χ1n) is 4.58. The molecular formula is C9H7BrN4O2S. The van der Waals surface area contributed by atoms with E-state index in [0.717, 1.165) is 4.88 Å². The largest absolute Gasteiger partial charge is 0.359 e. The zero-order valence-electron chi connectivity index (χ0n) is 8.46. The van der Waals surface area contributed by atoms with Gasteiger partial charge in [-0.3, -0.25) is 15.1 Å². The molecule has 2 heterocycles. The highest BCUT2D eigenvalue weighted by atomic mass is 79.9. The average Bonchev–Trinajstić information content (AvgIpc) is 2.80. The summed E-state index contributed by atoms with van der Waals surface area (Å²) in [6.45, 7) is 0.472. The van der Waals surface area contributed by atoms with Crippen LogP contribution in [0, 0.1) is 10.1 Å². The molecule has 1 N–H and O–H groups in total. The van der Waals surface area contributed by atoms with Crippen LogP contribution in [0.1, 0.15) is 4.88 Å². The molecule has 88 valence electrons. The summed E-state index contributed by atoms with van der Waals surface area (Å²) in [6.07, 6.45) is 3.23. The first-order valence-corrected chi connectivity index (χ1v) is 6.25. The van der Waals surface area contributed by atoms with Crippen LogP contribution in [0.3, 0.4) is 0 Å².